The lowest BCUT2D eigenvalue weighted by atomic mass is 10.2. The summed E-state index contributed by atoms with van der Waals surface area (Å²) < 4.78 is 1.12. The van der Waals surface area contributed by atoms with Gasteiger partial charge in [-0.1, -0.05) is 0 Å². The molecule has 0 spiro atoms. The highest BCUT2D eigenvalue weighted by atomic mass is 127. The Kier molecular flexibility index (Phi) is 4.42. The fourth-order valence-corrected chi connectivity index (χ4v) is 2.21. The third kappa shape index (κ3) is 3.26. The SMILES string of the molecule is CCN(C(=O)c1ccc(I)cc1)c1ccc(N)cc1. The van der Waals surface area contributed by atoms with Gasteiger partial charge in [-0.15, -0.1) is 0 Å². The molecule has 19 heavy (non-hydrogen) atoms. The van der Waals surface area contributed by atoms with Gasteiger partial charge in [0.25, 0.3) is 5.91 Å². The van der Waals surface area contributed by atoms with E-state index in [0.717, 1.165) is 9.26 Å². The lowest BCUT2D eigenvalue weighted by Gasteiger charge is -2.21. The smallest absolute Gasteiger partial charge is 0.258 e. The van der Waals surface area contributed by atoms with Gasteiger partial charge in [-0.2, -0.15) is 0 Å². The summed E-state index contributed by atoms with van der Waals surface area (Å²) in [6.45, 7) is 2.58. The van der Waals surface area contributed by atoms with Crippen LogP contribution in [0, 0.1) is 3.57 Å². The predicted octanol–water partition coefficient (Wildman–Crippen LogP) is 3.54. The number of nitrogens with zero attached hydrogens (tertiary/aromatic N) is 1. The van der Waals surface area contributed by atoms with Crippen molar-refractivity contribution in [1.82, 2.24) is 0 Å². The number of benzene rings is 2. The number of amides is 1. The molecule has 0 unspecified atom stereocenters. The van der Waals surface area contributed by atoms with E-state index < -0.39 is 0 Å². The highest BCUT2D eigenvalue weighted by Gasteiger charge is 2.15. The van der Waals surface area contributed by atoms with E-state index in [4.69, 9.17) is 5.73 Å². The number of hydrogen-bond donors (Lipinski definition) is 1. The number of nitrogens with two attached hydrogens (primary N) is 1. The van der Waals surface area contributed by atoms with Crippen molar-refractivity contribution < 1.29 is 4.79 Å². The van der Waals surface area contributed by atoms with E-state index in [1.54, 1.807) is 17.0 Å². The van der Waals surface area contributed by atoms with E-state index in [-0.39, 0.29) is 5.91 Å². The van der Waals surface area contributed by atoms with E-state index in [0.29, 0.717) is 17.8 Å². The molecular weight excluding hydrogens is 351 g/mol. The molecular formula is C15H15IN2O. The Morgan fingerprint density at radius 1 is 1.11 bits per heavy atom. The lowest BCUT2D eigenvalue weighted by molar-refractivity contribution is 0.0988. The Morgan fingerprint density at radius 3 is 2.21 bits per heavy atom. The summed E-state index contributed by atoms with van der Waals surface area (Å²) in [6, 6.07) is 14.9. The summed E-state index contributed by atoms with van der Waals surface area (Å²) in [5, 5.41) is 0. The van der Waals surface area contributed by atoms with Crippen molar-refractivity contribution >= 4 is 39.9 Å². The molecule has 0 fully saturated rings. The highest BCUT2D eigenvalue weighted by Crippen LogP contribution is 2.19. The zero-order valence-electron chi connectivity index (χ0n) is 10.6. The summed E-state index contributed by atoms with van der Waals surface area (Å²) in [4.78, 5) is 14.2. The van der Waals surface area contributed by atoms with Crippen molar-refractivity contribution in [3.63, 3.8) is 0 Å². The summed E-state index contributed by atoms with van der Waals surface area (Å²) in [5.41, 5.74) is 7.92. The number of halogens is 1. The lowest BCUT2D eigenvalue weighted by Crippen LogP contribution is -2.30. The maximum atomic E-state index is 12.5. The van der Waals surface area contributed by atoms with Crippen LogP contribution in [0.2, 0.25) is 0 Å². The number of rotatable bonds is 3. The van der Waals surface area contributed by atoms with Gasteiger partial charge in [-0.05, 0) is 78.0 Å². The minimum absolute atomic E-state index is 0.00340. The predicted molar refractivity (Wildman–Crippen MR) is 87.4 cm³/mol. The molecule has 0 radical (unpaired) electrons. The number of nitrogen functional groups attached to an aromatic ring is 1. The van der Waals surface area contributed by atoms with Crippen LogP contribution in [0.4, 0.5) is 11.4 Å². The largest absolute Gasteiger partial charge is 0.399 e. The van der Waals surface area contributed by atoms with Crippen molar-refractivity contribution in [1.29, 1.82) is 0 Å². The molecule has 0 aliphatic rings. The third-order valence-electron chi connectivity index (χ3n) is 2.86. The molecule has 0 aliphatic carbocycles. The van der Waals surface area contributed by atoms with Gasteiger partial charge in [0.15, 0.2) is 0 Å². The first kappa shape index (κ1) is 13.9. The second-order valence-electron chi connectivity index (χ2n) is 4.15. The van der Waals surface area contributed by atoms with E-state index in [2.05, 4.69) is 22.6 Å². The molecule has 0 aliphatic heterocycles. The van der Waals surface area contributed by atoms with E-state index in [1.165, 1.54) is 0 Å². The number of carbonyl (C=O) groups excluding carboxylic acids is 1. The second kappa shape index (κ2) is 6.06. The highest BCUT2D eigenvalue weighted by molar-refractivity contribution is 14.1. The van der Waals surface area contributed by atoms with E-state index in [9.17, 15) is 4.79 Å². The monoisotopic (exact) mass is 366 g/mol. The van der Waals surface area contributed by atoms with Crippen molar-refractivity contribution in [2.45, 2.75) is 6.92 Å². The number of carbonyl (C=O) groups is 1. The molecule has 0 aromatic heterocycles. The Balaban J connectivity index is 2.29. The molecule has 0 saturated carbocycles. The van der Waals surface area contributed by atoms with Gasteiger partial charge in [0.05, 0.1) is 0 Å². The van der Waals surface area contributed by atoms with Gasteiger partial charge in [-0.3, -0.25) is 4.79 Å². The number of anilines is 2. The number of hydrogen-bond acceptors (Lipinski definition) is 2. The normalized spacial score (nSPS) is 10.2. The standard InChI is InChI=1S/C15H15IN2O/c1-2-18(14-9-7-13(17)8-10-14)15(19)11-3-5-12(16)6-4-11/h3-10H,2,17H2,1H3. The Hall–Kier alpha value is -1.56. The molecule has 2 N–H and O–H groups in total. The molecule has 0 heterocycles. The minimum atomic E-state index is 0.00340. The maximum absolute atomic E-state index is 12.5. The molecule has 98 valence electrons. The Labute approximate surface area is 126 Å². The van der Waals surface area contributed by atoms with Crippen molar-refractivity contribution in [3.8, 4) is 0 Å². The molecule has 0 atom stereocenters. The maximum Gasteiger partial charge on any atom is 0.258 e. The zero-order chi connectivity index (χ0) is 13.8. The Morgan fingerprint density at radius 2 is 1.68 bits per heavy atom. The van der Waals surface area contributed by atoms with Gasteiger partial charge < -0.3 is 10.6 Å². The summed E-state index contributed by atoms with van der Waals surface area (Å²) in [7, 11) is 0. The molecule has 2 rings (SSSR count). The third-order valence-corrected chi connectivity index (χ3v) is 3.58. The summed E-state index contributed by atoms with van der Waals surface area (Å²) >= 11 is 2.22. The molecule has 1 amide bonds. The van der Waals surface area contributed by atoms with Crippen LogP contribution in [0.5, 0.6) is 0 Å². The summed E-state index contributed by atoms with van der Waals surface area (Å²) in [5.74, 6) is 0.00340. The van der Waals surface area contributed by atoms with E-state index >= 15 is 0 Å². The zero-order valence-corrected chi connectivity index (χ0v) is 12.8. The van der Waals surface area contributed by atoms with E-state index in [1.807, 2.05) is 43.3 Å². The minimum Gasteiger partial charge on any atom is -0.399 e. The quantitative estimate of drug-likeness (QED) is 0.667. The second-order valence-corrected chi connectivity index (χ2v) is 5.39. The van der Waals surface area contributed by atoms with Crippen LogP contribution < -0.4 is 10.6 Å². The van der Waals surface area contributed by atoms with Crippen LogP contribution >= 0.6 is 22.6 Å². The molecule has 0 saturated heterocycles. The van der Waals surface area contributed by atoms with Crippen LogP contribution in [0.15, 0.2) is 48.5 Å². The average molecular weight is 366 g/mol. The first-order chi connectivity index (χ1) is 9.11. The Bertz CT molecular complexity index is 564. The molecule has 4 heteroatoms. The average Bonchev–Trinajstić information content (AvgIpc) is 2.42. The van der Waals surface area contributed by atoms with Gasteiger partial charge in [0.2, 0.25) is 0 Å². The fraction of sp³-hybridized carbons (Fsp3) is 0.133. The van der Waals surface area contributed by atoms with Crippen LogP contribution in [-0.4, -0.2) is 12.5 Å². The van der Waals surface area contributed by atoms with Gasteiger partial charge >= 0.3 is 0 Å². The van der Waals surface area contributed by atoms with Crippen LogP contribution in [0.1, 0.15) is 17.3 Å². The van der Waals surface area contributed by atoms with Crippen LogP contribution in [0.3, 0.4) is 0 Å². The van der Waals surface area contributed by atoms with Gasteiger partial charge in [0, 0.05) is 27.1 Å². The first-order valence-corrected chi connectivity index (χ1v) is 7.12. The van der Waals surface area contributed by atoms with Crippen molar-refractivity contribution in [2.24, 2.45) is 0 Å². The van der Waals surface area contributed by atoms with Crippen LogP contribution in [0.25, 0.3) is 0 Å². The molecule has 3 nitrogen and oxygen atoms in total. The first-order valence-electron chi connectivity index (χ1n) is 6.05. The van der Waals surface area contributed by atoms with Crippen LogP contribution in [-0.2, 0) is 0 Å². The fourth-order valence-electron chi connectivity index (χ4n) is 1.85. The van der Waals surface area contributed by atoms with Crippen molar-refractivity contribution in [2.75, 3.05) is 17.2 Å². The summed E-state index contributed by atoms with van der Waals surface area (Å²) in [6.07, 6.45) is 0. The van der Waals surface area contributed by atoms with Crippen molar-refractivity contribution in [3.05, 3.63) is 57.7 Å². The van der Waals surface area contributed by atoms with Gasteiger partial charge in [-0.25, -0.2) is 0 Å². The molecule has 0 bridgehead atoms. The molecule has 2 aromatic rings. The van der Waals surface area contributed by atoms with Gasteiger partial charge in [0.1, 0.15) is 0 Å². The topological polar surface area (TPSA) is 46.3 Å². The molecule has 2 aromatic carbocycles.